The van der Waals surface area contributed by atoms with Gasteiger partial charge in [0.25, 0.3) is 0 Å². The number of anilines is 1. The van der Waals surface area contributed by atoms with Gasteiger partial charge in [-0.1, -0.05) is 41.4 Å². The van der Waals surface area contributed by atoms with Crippen molar-refractivity contribution in [2.24, 2.45) is 0 Å². The zero-order valence-corrected chi connectivity index (χ0v) is 20.9. The number of aryl methyl sites for hydroxylation is 1. The average Bonchev–Trinajstić information content (AvgIpc) is 3.30. The summed E-state index contributed by atoms with van der Waals surface area (Å²) in [5, 5.41) is 15.8. The Labute approximate surface area is 213 Å². The number of para-hydroxylation sites is 2. The van der Waals surface area contributed by atoms with E-state index >= 15 is 0 Å². The van der Waals surface area contributed by atoms with Crippen molar-refractivity contribution in [2.45, 2.75) is 25.9 Å². The minimum Gasteiger partial charge on any atom is -0.506 e. The average molecular weight is 509 g/mol. The first kappa shape index (κ1) is 22.7. The molecule has 0 aliphatic carbocycles. The third kappa shape index (κ3) is 3.82. The number of nitrogens with one attached hydrogen (secondary N) is 1. The fourth-order valence-corrected chi connectivity index (χ4v) is 5.55. The molecule has 4 aromatic rings. The summed E-state index contributed by atoms with van der Waals surface area (Å²) in [5.74, 6) is 0.160. The summed E-state index contributed by atoms with van der Waals surface area (Å²) in [6.45, 7) is 4.11. The van der Waals surface area contributed by atoms with Crippen molar-refractivity contribution >= 4 is 46.2 Å². The molecule has 1 aliphatic heterocycles. The number of rotatable bonds is 4. The zero-order chi connectivity index (χ0) is 24.0. The molecule has 2 aromatic carbocycles. The summed E-state index contributed by atoms with van der Waals surface area (Å²) in [4.78, 5) is 6.58. The lowest BCUT2D eigenvalue weighted by Crippen LogP contribution is -2.29. The first-order chi connectivity index (χ1) is 16.4. The number of aromatic nitrogens is 2. The van der Waals surface area contributed by atoms with Crippen molar-refractivity contribution in [1.82, 2.24) is 14.9 Å². The highest BCUT2D eigenvalue weighted by Crippen LogP contribution is 2.46. The van der Waals surface area contributed by atoms with E-state index < -0.39 is 0 Å². The number of hydrogen-bond acceptors (Lipinski definition) is 3. The van der Waals surface area contributed by atoms with E-state index in [-0.39, 0.29) is 17.8 Å². The van der Waals surface area contributed by atoms with Crippen molar-refractivity contribution < 1.29 is 5.11 Å². The molecule has 0 unspecified atom stereocenters. The lowest BCUT2D eigenvalue weighted by atomic mass is 9.96. The summed E-state index contributed by atoms with van der Waals surface area (Å²) in [6.07, 6.45) is 1.77. The molecule has 172 valence electrons. The molecule has 34 heavy (non-hydrogen) atoms. The Morgan fingerprint density at radius 3 is 2.44 bits per heavy atom. The van der Waals surface area contributed by atoms with Crippen LogP contribution in [0.15, 0.2) is 72.9 Å². The Morgan fingerprint density at radius 1 is 0.971 bits per heavy atom. The van der Waals surface area contributed by atoms with Crippen molar-refractivity contribution in [1.29, 1.82) is 0 Å². The molecule has 5 rings (SSSR count). The van der Waals surface area contributed by atoms with Gasteiger partial charge in [0.15, 0.2) is 5.11 Å². The standard InChI is InChI=1S/C26H22Cl2N4OS/c1-15-13-18(16(2)31(15)21-11-10-17(27)14-19(21)28)25-24(20-7-5-6-12-29-20)30-26(34)32(25)22-8-3-4-9-23(22)33/h3-14,24-25,33H,1-2H3,(H,30,34)/t24-,25-/m0/s1. The fourth-order valence-electron chi connectivity index (χ4n) is 4.72. The van der Waals surface area contributed by atoms with E-state index in [1.165, 1.54) is 0 Å². The number of hydrogen-bond donors (Lipinski definition) is 2. The third-order valence-electron chi connectivity index (χ3n) is 6.18. The van der Waals surface area contributed by atoms with E-state index in [4.69, 9.17) is 35.4 Å². The number of phenolic OH excluding ortho intramolecular Hbond substituents is 1. The predicted octanol–water partition coefficient (Wildman–Crippen LogP) is 6.68. The van der Waals surface area contributed by atoms with Gasteiger partial charge in [0.05, 0.1) is 34.2 Å². The van der Waals surface area contributed by atoms with Gasteiger partial charge in [-0.15, -0.1) is 0 Å². The SMILES string of the molecule is Cc1cc([C@H]2[C@H](c3ccccn3)NC(=S)N2c2ccccc2O)c(C)n1-c1ccc(Cl)cc1Cl. The van der Waals surface area contributed by atoms with Crippen molar-refractivity contribution in [3.8, 4) is 11.4 Å². The lowest BCUT2D eigenvalue weighted by molar-refractivity contribution is 0.472. The van der Waals surface area contributed by atoms with Gasteiger partial charge in [-0.2, -0.15) is 0 Å². The molecule has 3 heterocycles. The number of pyridine rings is 1. The Bertz CT molecular complexity index is 1390. The molecule has 0 bridgehead atoms. The van der Waals surface area contributed by atoms with Crippen LogP contribution in [0.25, 0.3) is 5.69 Å². The van der Waals surface area contributed by atoms with Gasteiger partial charge in [0.1, 0.15) is 5.75 Å². The molecule has 2 atom stereocenters. The Kier molecular flexibility index (Phi) is 5.98. The Balaban J connectivity index is 1.71. The smallest absolute Gasteiger partial charge is 0.174 e. The van der Waals surface area contributed by atoms with Crippen LogP contribution >= 0.6 is 35.4 Å². The topological polar surface area (TPSA) is 53.3 Å². The van der Waals surface area contributed by atoms with Gasteiger partial charge in [0, 0.05) is 22.6 Å². The lowest BCUT2D eigenvalue weighted by Gasteiger charge is -2.28. The molecular formula is C26H22Cl2N4OS. The monoisotopic (exact) mass is 508 g/mol. The minimum atomic E-state index is -0.248. The van der Waals surface area contributed by atoms with Crippen molar-refractivity contribution in [3.63, 3.8) is 0 Å². The van der Waals surface area contributed by atoms with Crippen molar-refractivity contribution in [3.05, 3.63) is 106 Å². The normalized spacial score (nSPS) is 17.8. The Morgan fingerprint density at radius 2 is 1.74 bits per heavy atom. The second kappa shape index (κ2) is 8.95. The number of thiocarbonyl (C=S) groups is 1. The predicted molar refractivity (Wildman–Crippen MR) is 141 cm³/mol. The first-order valence-electron chi connectivity index (χ1n) is 10.8. The fraction of sp³-hybridized carbons (Fsp3) is 0.154. The maximum atomic E-state index is 10.7. The molecule has 2 N–H and O–H groups in total. The first-order valence-corrected chi connectivity index (χ1v) is 12.0. The second-order valence-corrected chi connectivity index (χ2v) is 9.47. The van der Waals surface area contributed by atoms with Gasteiger partial charge in [-0.05, 0) is 80.2 Å². The molecule has 0 saturated carbocycles. The molecule has 0 spiro atoms. The molecule has 8 heteroatoms. The van der Waals surface area contributed by atoms with Crippen LogP contribution in [0.1, 0.15) is 34.7 Å². The molecule has 1 saturated heterocycles. The van der Waals surface area contributed by atoms with Gasteiger partial charge < -0.3 is 19.9 Å². The maximum absolute atomic E-state index is 10.7. The highest BCUT2D eigenvalue weighted by atomic mass is 35.5. The summed E-state index contributed by atoms with van der Waals surface area (Å²) in [6, 6.07) is 20.2. The molecule has 0 radical (unpaired) electrons. The van der Waals surface area contributed by atoms with Crippen LogP contribution < -0.4 is 10.2 Å². The van der Waals surface area contributed by atoms with Crippen LogP contribution in [0.2, 0.25) is 10.0 Å². The van der Waals surface area contributed by atoms with Gasteiger partial charge in [-0.3, -0.25) is 4.98 Å². The number of phenols is 1. The van der Waals surface area contributed by atoms with Crippen LogP contribution in [0.3, 0.4) is 0 Å². The maximum Gasteiger partial charge on any atom is 0.174 e. The number of halogens is 2. The summed E-state index contributed by atoms with van der Waals surface area (Å²) < 4.78 is 2.12. The molecule has 0 amide bonds. The van der Waals surface area contributed by atoms with E-state index in [1.54, 1.807) is 24.4 Å². The number of benzene rings is 2. The largest absolute Gasteiger partial charge is 0.506 e. The molecule has 1 fully saturated rings. The van der Waals surface area contributed by atoms with E-state index in [0.29, 0.717) is 20.8 Å². The zero-order valence-electron chi connectivity index (χ0n) is 18.5. The van der Waals surface area contributed by atoms with E-state index in [1.807, 2.05) is 54.3 Å². The highest BCUT2D eigenvalue weighted by Gasteiger charge is 2.43. The summed E-state index contributed by atoms with van der Waals surface area (Å²) >= 11 is 18.5. The van der Waals surface area contributed by atoms with Gasteiger partial charge in [0.2, 0.25) is 0 Å². The highest BCUT2D eigenvalue weighted by molar-refractivity contribution is 7.80. The van der Waals surface area contributed by atoms with Crippen molar-refractivity contribution in [2.75, 3.05) is 4.90 Å². The van der Waals surface area contributed by atoms with E-state index in [9.17, 15) is 5.11 Å². The minimum absolute atomic E-state index is 0.160. The van der Waals surface area contributed by atoms with Crippen LogP contribution in [0.5, 0.6) is 5.75 Å². The molecule has 2 aromatic heterocycles. The van der Waals surface area contributed by atoms with Gasteiger partial charge >= 0.3 is 0 Å². The summed E-state index contributed by atoms with van der Waals surface area (Å²) in [5.41, 5.74) is 5.44. The number of aromatic hydroxyl groups is 1. The second-order valence-electron chi connectivity index (χ2n) is 8.24. The molecule has 1 aliphatic rings. The molecule has 5 nitrogen and oxygen atoms in total. The quantitative estimate of drug-likeness (QED) is 0.301. The van der Waals surface area contributed by atoms with Crippen LogP contribution in [0.4, 0.5) is 5.69 Å². The third-order valence-corrected chi connectivity index (χ3v) is 7.03. The number of nitrogens with zero attached hydrogens (tertiary/aromatic N) is 3. The van der Waals surface area contributed by atoms with Crippen LogP contribution in [0, 0.1) is 13.8 Å². The van der Waals surface area contributed by atoms with E-state index in [0.717, 1.165) is 28.3 Å². The van der Waals surface area contributed by atoms with Crippen LogP contribution in [-0.2, 0) is 0 Å². The Hall–Kier alpha value is -3.06. The van der Waals surface area contributed by atoms with Crippen LogP contribution in [-0.4, -0.2) is 19.8 Å². The summed E-state index contributed by atoms with van der Waals surface area (Å²) in [7, 11) is 0. The van der Waals surface area contributed by atoms with Gasteiger partial charge in [-0.25, -0.2) is 0 Å². The van der Waals surface area contributed by atoms with E-state index in [2.05, 4.69) is 27.9 Å². The molecular weight excluding hydrogens is 487 g/mol.